The number of benzene rings is 1. The highest BCUT2D eigenvalue weighted by Crippen LogP contribution is 2.24. The van der Waals surface area contributed by atoms with E-state index in [1.807, 2.05) is 0 Å². The Hall–Kier alpha value is -1.00. The maximum atomic E-state index is 13.3. The van der Waals surface area contributed by atoms with E-state index < -0.39 is 17.2 Å². The van der Waals surface area contributed by atoms with E-state index in [1.165, 1.54) is 19.1 Å². The lowest BCUT2D eigenvalue weighted by atomic mass is 9.95. The van der Waals surface area contributed by atoms with Gasteiger partial charge in [-0.3, -0.25) is 0 Å². The Morgan fingerprint density at radius 3 is 2.64 bits per heavy atom. The maximum Gasteiger partial charge on any atom is 0.164 e. The third kappa shape index (κ3) is 2.08. The molecule has 0 bridgehead atoms. The van der Waals surface area contributed by atoms with Crippen LogP contribution in [-0.4, -0.2) is 18.7 Å². The minimum atomic E-state index is -1.40. The molecule has 0 saturated carbocycles. The van der Waals surface area contributed by atoms with Gasteiger partial charge in [-0.2, -0.15) is 0 Å². The molecular weight excluding hydrogens is 188 g/mol. The second-order valence-corrected chi connectivity index (χ2v) is 3.41. The topological polar surface area (TPSA) is 32.3 Å². The van der Waals surface area contributed by atoms with Crippen LogP contribution in [0, 0.1) is 11.6 Å². The van der Waals surface area contributed by atoms with E-state index in [-0.39, 0.29) is 12.1 Å². The largest absolute Gasteiger partial charge is 0.384 e. The standard InChI is InChI=1S/C10H13F2NO/c1-10(14,6-13-2)7-4-3-5-8(11)9(7)12/h3-5,13-14H,6H2,1-2H3. The Morgan fingerprint density at radius 2 is 2.07 bits per heavy atom. The molecule has 0 heterocycles. The van der Waals surface area contributed by atoms with Gasteiger partial charge < -0.3 is 10.4 Å². The van der Waals surface area contributed by atoms with Crippen LogP contribution in [0.5, 0.6) is 0 Å². The molecule has 1 rings (SSSR count). The molecule has 4 heteroatoms. The first-order valence-electron chi connectivity index (χ1n) is 4.30. The Kier molecular flexibility index (Phi) is 3.18. The van der Waals surface area contributed by atoms with E-state index >= 15 is 0 Å². The van der Waals surface area contributed by atoms with Gasteiger partial charge in [-0.15, -0.1) is 0 Å². The molecule has 1 aromatic carbocycles. The van der Waals surface area contributed by atoms with Crippen molar-refractivity contribution in [3.8, 4) is 0 Å². The number of halogens is 2. The van der Waals surface area contributed by atoms with Gasteiger partial charge in [-0.1, -0.05) is 12.1 Å². The van der Waals surface area contributed by atoms with E-state index in [2.05, 4.69) is 5.32 Å². The highest BCUT2D eigenvalue weighted by Gasteiger charge is 2.26. The van der Waals surface area contributed by atoms with Gasteiger partial charge in [0.1, 0.15) is 5.60 Å². The van der Waals surface area contributed by atoms with E-state index in [0.717, 1.165) is 6.07 Å². The van der Waals surface area contributed by atoms with Crippen LogP contribution in [0.15, 0.2) is 18.2 Å². The zero-order valence-electron chi connectivity index (χ0n) is 8.14. The number of rotatable bonds is 3. The summed E-state index contributed by atoms with van der Waals surface area (Å²) in [5, 5.41) is 12.5. The van der Waals surface area contributed by atoms with Crippen LogP contribution in [-0.2, 0) is 5.60 Å². The van der Waals surface area contributed by atoms with Gasteiger partial charge in [-0.05, 0) is 20.0 Å². The quantitative estimate of drug-likeness (QED) is 0.774. The second kappa shape index (κ2) is 4.02. The average Bonchev–Trinajstić information content (AvgIpc) is 2.09. The molecule has 14 heavy (non-hydrogen) atoms. The molecule has 78 valence electrons. The Labute approximate surface area is 81.6 Å². The molecule has 0 amide bonds. The van der Waals surface area contributed by atoms with E-state index in [4.69, 9.17) is 0 Å². The molecule has 0 aliphatic heterocycles. The summed E-state index contributed by atoms with van der Waals surface area (Å²) in [6.07, 6.45) is 0. The lowest BCUT2D eigenvalue weighted by Crippen LogP contribution is -2.34. The van der Waals surface area contributed by atoms with Crippen molar-refractivity contribution >= 4 is 0 Å². The summed E-state index contributed by atoms with van der Waals surface area (Å²) in [5.41, 5.74) is -1.44. The summed E-state index contributed by atoms with van der Waals surface area (Å²) in [7, 11) is 1.63. The summed E-state index contributed by atoms with van der Waals surface area (Å²) < 4.78 is 26.1. The molecule has 0 fully saturated rings. The van der Waals surface area contributed by atoms with Crippen molar-refractivity contribution in [2.75, 3.05) is 13.6 Å². The Bertz CT molecular complexity index is 326. The SMILES string of the molecule is CNCC(C)(O)c1cccc(F)c1F. The van der Waals surface area contributed by atoms with Gasteiger partial charge in [0, 0.05) is 12.1 Å². The predicted molar refractivity (Wildman–Crippen MR) is 49.9 cm³/mol. The van der Waals surface area contributed by atoms with Crippen molar-refractivity contribution in [1.29, 1.82) is 0 Å². The van der Waals surface area contributed by atoms with Crippen molar-refractivity contribution in [3.63, 3.8) is 0 Å². The molecule has 2 N–H and O–H groups in total. The predicted octanol–water partition coefficient (Wildman–Crippen LogP) is 1.39. The highest BCUT2D eigenvalue weighted by atomic mass is 19.2. The third-order valence-electron chi connectivity index (χ3n) is 2.05. The summed E-state index contributed by atoms with van der Waals surface area (Å²) >= 11 is 0. The first-order valence-corrected chi connectivity index (χ1v) is 4.30. The summed E-state index contributed by atoms with van der Waals surface area (Å²) in [4.78, 5) is 0. The van der Waals surface area contributed by atoms with E-state index in [9.17, 15) is 13.9 Å². The number of aliphatic hydroxyl groups is 1. The number of nitrogens with one attached hydrogen (secondary N) is 1. The lowest BCUT2D eigenvalue weighted by Gasteiger charge is -2.23. The molecule has 1 atom stereocenters. The van der Waals surface area contributed by atoms with Crippen LogP contribution >= 0.6 is 0 Å². The normalized spacial score (nSPS) is 15.2. The smallest absolute Gasteiger partial charge is 0.164 e. The minimum Gasteiger partial charge on any atom is -0.384 e. The monoisotopic (exact) mass is 201 g/mol. The number of hydrogen-bond acceptors (Lipinski definition) is 2. The Morgan fingerprint density at radius 1 is 1.43 bits per heavy atom. The zero-order chi connectivity index (χ0) is 10.8. The van der Waals surface area contributed by atoms with Gasteiger partial charge >= 0.3 is 0 Å². The number of likely N-dealkylation sites (N-methyl/N-ethyl adjacent to an activating group) is 1. The zero-order valence-corrected chi connectivity index (χ0v) is 8.14. The minimum absolute atomic E-state index is 0.0353. The van der Waals surface area contributed by atoms with E-state index in [1.54, 1.807) is 7.05 Å². The van der Waals surface area contributed by atoms with Crippen LogP contribution in [0.3, 0.4) is 0 Å². The third-order valence-corrected chi connectivity index (χ3v) is 2.05. The highest BCUT2D eigenvalue weighted by molar-refractivity contribution is 5.25. The van der Waals surface area contributed by atoms with Crippen LogP contribution in [0.2, 0.25) is 0 Å². The van der Waals surface area contributed by atoms with Crippen molar-refractivity contribution in [3.05, 3.63) is 35.4 Å². The lowest BCUT2D eigenvalue weighted by molar-refractivity contribution is 0.0546. The molecule has 1 unspecified atom stereocenters. The molecule has 0 radical (unpaired) electrons. The van der Waals surface area contributed by atoms with Gasteiger partial charge in [0.05, 0.1) is 0 Å². The van der Waals surface area contributed by atoms with Crippen LogP contribution in [0.1, 0.15) is 12.5 Å². The maximum absolute atomic E-state index is 13.3. The fourth-order valence-corrected chi connectivity index (χ4v) is 1.36. The van der Waals surface area contributed by atoms with Gasteiger partial charge in [0.25, 0.3) is 0 Å². The van der Waals surface area contributed by atoms with Crippen molar-refractivity contribution in [2.24, 2.45) is 0 Å². The first kappa shape index (κ1) is 11.1. The first-order chi connectivity index (χ1) is 6.49. The second-order valence-electron chi connectivity index (χ2n) is 3.41. The molecule has 0 spiro atoms. The van der Waals surface area contributed by atoms with Gasteiger partial charge in [0.2, 0.25) is 0 Å². The molecule has 0 saturated heterocycles. The van der Waals surface area contributed by atoms with E-state index in [0.29, 0.717) is 0 Å². The molecule has 0 aliphatic carbocycles. The van der Waals surface area contributed by atoms with Crippen LogP contribution in [0.4, 0.5) is 8.78 Å². The molecular formula is C10H13F2NO. The van der Waals surface area contributed by atoms with Crippen molar-refractivity contribution < 1.29 is 13.9 Å². The Balaban J connectivity index is 3.12. The fraction of sp³-hybridized carbons (Fsp3) is 0.400. The summed E-state index contributed by atoms with van der Waals surface area (Å²) in [5.74, 6) is -1.94. The molecule has 2 nitrogen and oxygen atoms in total. The number of hydrogen-bond donors (Lipinski definition) is 2. The van der Waals surface area contributed by atoms with Crippen molar-refractivity contribution in [2.45, 2.75) is 12.5 Å². The van der Waals surface area contributed by atoms with Crippen LogP contribution < -0.4 is 5.32 Å². The molecule has 1 aromatic rings. The van der Waals surface area contributed by atoms with Gasteiger partial charge in [0.15, 0.2) is 11.6 Å². The summed E-state index contributed by atoms with van der Waals surface area (Å²) in [6.45, 7) is 1.59. The molecule has 0 aromatic heterocycles. The fourth-order valence-electron chi connectivity index (χ4n) is 1.36. The van der Waals surface area contributed by atoms with Crippen LogP contribution in [0.25, 0.3) is 0 Å². The average molecular weight is 201 g/mol. The van der Waals surface area contributed by atoms with Crippen molar-refractivity contribution in [1.82, 2.24) is 5.32 Å². The van der Waals surface area contributed by atoms with Gasteiger partial charge in [-0.25, -0.2) is 8.78 Å². The molecule has 0 aliphatic rings. The summed E-state index contributed by atoms with van der Waals surface area (Å²) in [6, 6.07) is 3.77.